The molecule has 0 bridgehead atoms. The minimum absolute atomic E-state index is 1.05. The first-order chi connectivity index (χ1) is 3.83. The Kier molecular flexibility index (Phi) is 1.64. The van der Waals surface area contributed by atoms with E-state index in [1.165, 1.54) is 0 Å². The number of rotatable bonds is 1. The Balaban J connectivity index is 2.84. The Bertz CT molecular complexity index is 173. The lowest BCUT2D eigenvalue weighted by Crippen LogP contribution is -2.03. The van der Waals surface area contributed by atoms with Crippen molar-refractivity contribution in [3.8, 4) is 0 Å². The molecule has 0 amide bonds. The zero-order valence-electron chi connectivity index (χ0n) is 4.63. The van der Waals surface area contributed by atoms with Gasteiger partial charge in [0.05, 0.1) is 0 Å². The maximum Gasteiger partial charge on any atom is 0.277 e. The number of hydrogen-bond acceptors (Lipinski definition) is 0. The molecule has 0 saturated heterocycles. The van der Waals surface area contributed by atoms with Gasteiger partial charge >= 0.3 is 0 Å². The summed E-state index contributed by atoms with van der Waals surface area (Å²) in [7, 11) is 1.96. The molecule has 0 spiro atoms. The first kappa shape index (κ1) is 5.77. The van der Waals surface area contributed by atoms with Gasteiger partial charge in [0.2, 0.25) is 0 Å². The molecule has 0 aliphatic carbocycles. The van der Waals surface area contributed by atoms with Crippen LogP contribution in [0.15, 0.2) is 18.5 Å². The van der Waals surface area contributed by atoms with E-state index in [1.807, 2.05) is 30.1 Å². The molecule has 3 heteroatoms. The average molecular weight is 126 g/mol. The zero-order valence-corrected chi connectivity index (χ0v) is 5.39. The number of nitrogens with zero attached hydrogens (tertiary/aromatic N) is 1. The van der Waals surface area contributed by atoms with Gasteiger partial charge in [0.25, 0.3) is 6.69 Å². The number of hydrogen-bond donors (Lipinski definition) is 0. The number of aryl methyl sites for hydroxylation is 1. The quantitative estimate of drug-likeness (QED) is 0.483. The molecule has 1 radical (unpaired) electrons. The molecular weight excluding hydrogens is 120 g/mol. The van der Waals surface area contributed by atoms with Crippen LogP contribution in [0.25, 0.3) is 0 Å². The second-order valence-electron chi connectivity index (χ2n) is 1.72. The summed E-state index contributed by atoms with van der Waals surface area (Å²) in [5.41, 5.74) is 1.05. The number of halogens is 1. The summed E-state index contributed by atoms with van der Waals surface area (Å²) in [5, 5.41) is 0. The van der Waals surface area contributed by atoms with Gasteiger partial charge < -0.3 is 4.57 Å². The minimum Gasteiger partial charge on any atom is -0.358 e. The van der Waals surface area contributed by atoms with E-state index < -0.39 is 0 Å². The van der Waals surface area contributed by atoms with Crippen LogP contribution in [0.5, 0.6) is 0 Å². The highest BCUT2D eigenvalue weighted by Crippen LogP contribution is 1.82. The Morgan fingerprint density at radius 2 is 2.50 bits per heavy atom. The van der Waals surface area contributed by atoms with Crippen LogP contribution in [0, 0.1) is 0 Å². The van der Waals surface area contributed by atoms with Crippen molar-refractivity contribution in [1.82, 2.24) is 4.57 Å². The van der Waals surface area contributed by atoms with Gasteiger partial charge in [0.15, 0.2) is 0 Å². The average Bonchev–Trinajstić information content (AvgIpc) is 2.14. The second-order valence-corrected chi connectivity index (χ2v) is 1.94. The zero-order chi connectivity index (χ0) is 5.98. The topological polar surface area (TPSA) is 4.93 Å². The van der Waals surface area contributed by atoms with E-state index in [9.17, 15) is 0 Å². The molecule has 1 rings (SSSR count). The third-order valence-corrected chi connectivity index (χ3v) is 1.23. The van der Waals surface area contributed by atoms with Crippen LogP contribution >= 0.6 is 11.5 Å². The summed E-state index contributed by atoms with van der Waals surface area (Å²) in [6.07, 6.45) is 3.90. The fraction of sp³-hybridized carbons (Fsp3) is 0.200. The fourth-order valence-corrected chi connectivity index (χ4v) is 0.718. The number of aromatic nitrogens is 1. The van der Waals surface area contributed by atoms with E-state index in [4.69, 9.17) is 11.5 Å². The smallest absolute Gasteiger partial charge is 0.277 e. The van der Waals surface area contributed by atoms with Crippen molar-refractivity contribution >= 4 is 23.6 Å². The van der Waals surface area contributed by atoms with E-state index in [0.717, 1.165) is 5.46 Å². The van der Waals surface area contributed by atoms with E-state index in [-0.39, 0.29) is 0 Å². The molecule has 1 aromatic heterocycles. The largest absolute Gasteiger partial charge is 0.358 e. The highest BCUT2D eigenvalue weighted by atomic mass is 35.5. The van der Waals surface area contributed by atoms with Gasteiger partial charge in [-0.1, -0.05) is 0 Å². The standard InChI is InChI=1S/C5H6BClN/c1-8-3-2-5(4-8)6-7/h2-4H,1H3. The van der Waals surface area contributed by atoms with Crippen LogP contribution < -0.4 is 5.46 Å². The molecular formula is C5H6BClN. The van der Waals surface area contributed by atoms with Crippen molar-refractivity contribution in [1.29, 1.82) is 0 Å². The van der Waals surface area contributed by atoms with Gasteiger partial charge in [-0.25, -0.2) is 0 Å². The highest BCUT2D eigenvalue weighted by molar-refractivity contribution is 7.01. The Labute approximate surface area is 54.4 Å². The normalized spacial score (nSPS) is 9.25. The van der Waals surface area contributed by atoms with Crippen LogP contribution in [0.2, 0.25) is 0 Å². The Morgan fingerprint density at radius 1 is 1.75 bits per heavy atom. The molecule has 0 unspecified atom stereocenters. The summed E-state index contributed by atoms with van der Waals surface area (Å²) in [6, 6.07) is 1.95. The van der Waals surface area contributed by atoms with Gasteiger partial charge in [-0.15, -0.1) is 0 Å². The van der Waals surface area contributed by atoms with E-state index >= 15 is 0 Å². The van der Waals surface area contributed by atoms with E-state index in [0.29, 0.717) is 0 Å². The van der Waals surface area contributed by atoms with Gasteiger partial charge in [-0.2, -0.15) is 11.5 Å². The molecule has 8 heavy (non-hydrogen) atoms. The Morgan fingerprint density at radius 3 is 2.75 bits per heavy atom. The first-order valence-corrected chi connectivity index (χ1v) is 2.82. The molecule has 0 atom stereocenters. The van der Waals surface area contributed by atoms with Gasteiger partial charge in [-0.05, 0) is 17.7 Å². The highest BCUT2D eigenvalue weighted by Gasteiger charge is 1.90. The maximum absolute atomic E-state index is 5.40. The summed E-state index contributed by atoms with van der Waals surface area (Å²) in [4.78, 5) is 0. The molecule has 0 aromatic carbocycles. The molecule has 41 valence electrons. The third kappa shape index (κ3) is 1.07. The van der Waals surface area contributed by atoms with Gasteiger partial charge in [-0.3, -0.25) is 0 Å². The molecule has 0 fully saturated rings. The predicted octanol–water partition coefficient (Wildman–Crippen LogP) is 0.508. The van der Waals surface area contributed by atoms with Crippen LogP contribution in [-0.4, -0.2) is 11.3 Å². The van der Waals surface area contributed by atoms with Gasteiger partial charge in [0.1, 0.15) is 0 Å². The van der Waals surface area contributed by atoms with Crippen LogP contribution in [-0.2, 0) is 7.05 Å². The summed E-state index contributed by atoms with van der Waals surface area (Å²) < 4.78 is 1.95. The predicted molar refractivity (Wildman–Crippen MR) is 36.7 cm³/mol. The van der Waals surface area contributed by atoms with E-state index in [1.54, 1.807) is 6.69 Å². The van der Waals surface area contributed by atoms with Crippen molar-refractivity contribution in [2.24, 2.45) is 7.05 Å². The van der Waals surface area contributed by atoms with Crippen molar-refractivity contribution in [2.45, 2.75) is 0 Å². The lowest BCUT2D eigenvalue weighted by molar-refractivity contribution is 0.930. The summed E-state index contributed by atoms with van der Waals surface area (Å²) in [5.74, 6) is 0. The molecule has 0 saturated carbocycles. The lowest BCUT2D eigenvalue weighted by atomic mass is 9.99. The summed E-state index contributed by atoms with van der Waals surface area (Å²) >= 11 is 5.40. The van der Waals surface area contributed by atoms with Gasteiger partial charge in [0, 0.05) is 13.2 Å². The van der Waals surface area contributed by atoms with Crippen molar-refractivity contribution in [3.05, 3.63) is 18.5 Å². The fourth-order valence-electron chi connectivity index (χ4n) is 0.589. The van der Waals surface area contributed by atoms with Crippen LogP contribution in [0.1, 0.15) is 0 Å². The van der Waals surface area contributed by atoms with Crippen molar-refractivity contribution in [2.75, 3.05) is 0 Å². The minimum atomic E-state index is 1.05. The molecule has 0 N–H and O–H groups in total. The van der Waals surface area contributed by atoms with E-state index in [2.05, 4.69) is 0 Å². The monoisotopic (exact) mass is 126 g/mol. The Hall–Kier alpha value is -0.365. The third-order valence-electron chi connectivity index (χ3n) is 0.981. The second kappa shape index (κ2) is 2.27. The first-order valence-electron chi connectivity index (χ1n) is 2.38. The summed E-state index contributed by atoms with van der Waals surface area (Å²) in [6.45, 7) is 1.56. The lowest BCUT2D eigenvalue weighted by Gasteiger charge is -1.82. The van der Waals surface area contributed by atoms with Crippen molar-refractivity contribution < 1.29 is 0 Å². The van der Waals surface area contributed by atoms with Crippen LogP contribution in [0.4, 0.5) is 0 Å². The molecule has 1 nitrogen and oxygen atoms in total. The van der Waals surface area contributed by atoms with Crippen LogP contribution in [0.3, 0.4) is 0 Å². The molecule has 0 aliphatic rings. The maximum atomic E-state index is 5.40. The molecule has 1 heterocycles. The van der Waals surface area contributed by atoms with Crippen molar-refractivity contribution in [3.63, 3.8) is 0 Å². The SMILES string of the molecule is Cn1ccc([B]Cl)c1. The molecule has 0 aliphatic heterocycles. The molecule has 1 aromatic rings.